The number of anilines is 1. The lowest BCUT2D eigenvalue weighted by Crippen LogP contribution is -2.60. The van der Waals surface area contributed by atoms with Crippen molar-refractivity contribution in [3.63, 3.8) is 0 Å². The molecule has 12 amide bonds. The van der Waals surface area contributed by atoms with Crippen molar-refractivity contribution in [3.8, 4) is 5.75 Å². The van der Waals surface area contributed by atoms with E-state index in [0.717, 1.165) is 79.2 Å². The zero-order chi connectivity index (χ0) is 94.4. The number of aliphatic hydroxyl groups excluding tert-OH is 2. The zero-order valence-electron chi connectivity index (χ0n) is 74.9. The summed E-state index contributed by atoms with van der Waals surface area (Å²) in [4.78, 5) is 169. The Morgan fingerprint density at radius 3 is 1.58 bits per heavy atom. The molecule has 0 aromatic heterocycles. The number of benzene rings is 5. The number of rotatable bonds is 53. The first-order chi connectivity index (χ1) is 61.5. The van der Waals surface area contributed by atoms with E-state index in [1.807, 2.05) is 32.3 Å². The molecule has 26 N–H and O–H groups in total. The molecule has 0 spiro atoms. The fraction of sp³-hybridized carbons (Fsp3) is 0.495. The lowest BCUT2D eigenvalue weighted by molar-refractivity contribution is -0.268. The molecule has 0 bridgehead atoms. The van der Waals surface area contributed by atoms with Gasteiger partial charge in [0.1, 0.15) is 55.4 Å². The van der Waals surface area contributed by atoms with Gasteiger partial charge in [0.2, 0.25) is 70.3 Å². The van der Waals surface area contributed by atoms with E-state index >= 15 is 0 Å². The first kappa shape index (κ1) is 103. The second-order valence-electron chi connectivity index (χ2n) is 33.2. The molecule has 0 unspecified atom stereocenters. The number of fused-ring (bicyclic) bond motifs is 3. The van der Waals surface area contributed by atoms with E-state index in [-0.39, 0.29) is 113 Å². The molecule has 1 aliphatic carbocycles. The second kappa shape index (κ2) is 51.5. The number of nitrogens with one attached hydrogen (secondary N) is 16. The van der Waals surface area contributed by atoms with E-state index < -0.39 is 139 Å². The van der Waals surface area contributed by atoms with E-state index in [4.69, 9.17) is 39.2 Å². The Balaban J connectivity index is 0.865. The van der Waals surface area contributed by atoms with Gasteiger partial charge in [-0.15, -0.1) is 5.75 Å². The van der Waals surface area contributed by atoms with Crippen LogP contribution in [0.25, 0.3) is 5.57 Å². The number of nitrogens with zero attached hydrogens (tertiary/aromatic N) is 3. The van der Waals surface area contributed by atoms with Gasteiger partial charge < -0.3 is 117 Å². The molecule has 38 nitrogen and oxygen atoms in total. The highest BCUT2D eigenvalue weighted by Crippen LogP contribution is 2.42. The Bertz CT molecular complexity index is 4890. The molecule has 1 heterocycles. The SMILES string of the molecule is CC[N+]1=c2cc3c(cc2CCC1)=C(c1ccccc1C(=O)N(C)CCCC(=O)NCCCCCCCCC(=O)NCC(=O)N[C@@H](CCCNC(=N)N)C(=O)N[C@H](C(=O)NCC(=O)N[C@@H](CCCNC(=N)N)C(=O)N[C@@H](CCCNC(=N)N)C(=O)N[C@@H](Cc1ccccc1)C(=O)N[C@@H](CO)C(=O)N[C@@H](Cc1ccc([O-])cc1)C(N)=O)[C@@H](C)O)c1ccc(N(C)C)cc1C3(C)C. The predicted molar refractivity (Wildman–Crippen MR) is 488 cm³/mol. The molecule has 0 saturated heterocycles. The van der Waals surface area contributed by atoms with Gasteiger partial charge in [0.25, 0.3) is 5.91 Å². The molecule has 1 aliphatic heterocycles. The van der Waals surface area contributed by atoms with Crippen molar-refractivity contribution in [2.24, 2.45) is 22.9 Å². The van der Waals surface area contributed by atoms with Crippen LogP contribution in [-0.4, -0.2) is 239 Å². The summed E-state index contributed by atoms with van der Waals surface area (Å²) in [7, 11) is 5.88. The molecule has 5 aromatic carbocycles. The van der Waals surface area contributed by atoms with Crippen LogP contribution in [0.5, 0.6) is 5.75 Å². The Kier molecular flexibility index (Phi) is 41.1. The molecule has 0 fully saturated rings. The van der Waals surface area contributed by atoms with Crippen molar-refractivity contribution < 1.29 is 72.9 Å². The minimum atomic E-state index is -1.76. The first-order valence-electron chi connectivity index (χ1n) is 44.0. The van der Waals surface area contributed by atoms with Crippen LogP contribution in [0.15, 0.2) is 109 Å². The average Bonchev–Trinajstić information content (AvgIpc) is 0.710. The predicted octanol–water partition coefficient (Wildman–Crippen LogP) is -2.37. The lowest BCUT2D eigenvalue weighted by atomic mass is 9.68. The number of guanidine groups is 3. The van der Waals surface area contributed by atoms with E-state index in [0.29, 0.717) is 49.0 Å². The largest absolute Gasteiger partial charge is 0.872 e. The molecule has 8 atom stereocenters. The van der Waals surface area contributed by atoms with Crippen LogP contribution < -0.4 is 117 Å². The summed E-state index contributed by atoms with van der Waals surface area (Å²) in [6.07, 6.45) is 5.15. The number of hydrogen-bond acceptors (Lipinski definition) is 19. The van der Waals surface area contributed by atoms with Gasteiger partial charge in [-0.25, -0.2) is 4.58 Å². The molecular formula is C91H131N23O15. The van der Waals surface area contributed by atoms with Crippen LogP contribution in [-0.2, 0) is 77.4 Å². The van der Waals surface area contributed by atoms with Crippen LogP contribution in [0.1, 0.15) is 180 Å². The molecule has 129 heavy (non-hydrogen) atoms. The highest BCUT2D eigenvalue weighted by molar-refractivity contribution is 6.03. The molecule has 2 aliphatic rings. The smallest absolute Gasteiger partial charge is 0.254 e. The number of amides is 12. The van der Waals surface area contributed by atoms with Gasteiger partial charge in [-0.3, -0.25) is 73.8 Å². The number of unbranched alkanes of at least 4 members (excludes halogenated alkanes) is 5. The van der Waals surface area contributed by atoms with Crippen molar-refractivity contribution in [2.45, 2.75) is 204 Å². The minimum Gasteiger partial charge on any atom is -0.872 e. The van der Waals surface area contributed by atoms with E-state index in [1.54, 1.807) is 42.3 Å². The maximum Gasteiger partial charge on any atom is 0.254 e. The third-order valence-corrected chi connectivity index (χ3v) is 22.6. The van der Waals surface area contributed by atoms with E-state index in [9.17, 15) is 72.9 Å². The summed E-state index contributed by atoms with van der Waals surface area (Å²) in [6.45, 7) is 8.50. The molecule has 5 aromatic rings. The number of aryl methyl sites for hydroxylation is 1. The minimum absolute atomic E-state index is 0.0152. The fourth-order valence-electron chi connectivity index (χ4n) is 15.5. The van der Waals surface area contributed by atoms with Gasteiger partial charge in [-0.1, -0.05) is 118 Å². The third kappa shape index (κ3) is 32.5. The maximum absolute atomic E-state index is 14.6. The zero-order valence-corrected chi connectivity index (χ0v) is 74.9. The summed E-state index contributed by atoms with van der Waals surface area (Å²) in [5.74, 6) is -10.9. The van der Waals surface area contributed by atoms with E-state index in [2.05, 4.69) is 136 Å². The van der Waals surface area contributed by atoms with Crippen LogP contribution in [0, 0.1) is 16.2 Å². The van der Waals surface area contributed by atoms with Crippen LogP contribution in [0.3, 0.4) is 0 Å². The monoisotopic (exact) mass is 1790 g/mol. The number of primary amides is 1. The third-order valence-electron chi connectivity index (χ3n) is 22.6. The number of nitrogens with two attached hydrogens (primary N) is 4. The van der Waals surface area contributed by atoms with Crippen LogP contribution in [0.2, 0.25) is 0 Å². The Hall–Kier alpha value is -13.3. The van der Waals surface area contributed by atoms with Crippen molar-refractivity contribution in [3.05, 3.63) is 164 Å². The molecule has 38 heteroatoms. The fourth-order valence-corrected chi connectivity index (χ4v) is 15.5. The highest BCUT2D eigenvalue weighted by Gasteiger charge is 2.39. The van der Waals surface area contributed by atoms with E-state index in [1.165, 1.54) is 53.2 Å². The summed E-state index contributed by atoms with van der Waals surface area (Å²) in [6, 6.07) is 22.2. The lowest BCUT2D eigenvalue weighted by Gasteiger charge is -2.36. The summed E-state index contributed by atoms with van der Waals surface area (Å²) in [5.41, 5.74) is 31.2. The molecule has 700 valence electrons. The van der Waals surface area contributed by atoms with Gasteiger partial charge in [0.15, 0.2) is 17.9 Å². The van der Waals surface area contributed by atoms with Gasteiger partial charge in [-0.05, 0) is 146 Å². The number of hydrogen-bond donors (Lipinski definition) is 22. The normalized spacial score (nSPS) is 14.1. The van der Waals surface area contributed by atoms with Gasteiger partial charge in [0, 0.05) is 114 Å². The quantitative estimate of drug-likeness (QED) is 0.00837. The molecule has 0 saturated carbocycles. The van der Waals surface area contributed by atoms with Gasteiger partial charge in [-0.2, -0.15) is 0 Å². The molecule has 7 rings (SSSR count). The Labute approximate surface area is 752 Å². The topological polar surface area (TPSA) is 610 Å². The maximum atomic E-state index is 14.6. The van der Waals surface area contributed by atoms with Gasteiger partial charge in [0.05, 0.1) is 25.8 Å². The molecular weight excluding hydrogens is 1660 g/mol. The summed E-state index contributed by atoms with van der Waals surface area (Å²) >= 11 is 0. The number of carbonyl (C=O) groups is 12. The standard InChI is InChI=1S/C91H131N23O15/c1-8-114-46-23-27-58-49-64-66(51-73(58)114)91(3,4)65-50-59(112(5)6)37-40-63(65)78(64)61-28-17-18-29-62(61)87(129)113(7)45-24-34-74(118)99-41-19-12-10-9-11-16-33-75(119)103-52-76(120)106-68(31-21-43-101-89(95)96)83(125)111-79(55(2)116)86(128)104-53-77(121)105-67(30-20-42-100-88(93)94)81(123)107-69(32-22-44-102-90(97)98)82(124)109-71(48-56-25-14-13-15-26-56)84(126)110-72(54-115)85(127)108-70(80(92)122)47-57-35-38-60(117)39-36-57/h13-15,17-18,25-26,28-29,35-40,49-51,55,67-72,79,115-116H,8-12,16,19-24,27,30-34,41-48,52-54H2,1-7H3,(H24-,92,93,94,95,96,97,98,99,100,101,102,103,104,105,106,107,108,109,110,111,117,118,119,120,121,122,123,124,125,126,127,128)/t55-,67+,68+,69+,70+,71+,72+,79+/m1/s1. The Morgan fingerprint density at radius 1 is 0.504 bits per heavy atom. The van der Waals surface area contributed by atoms with Crippen molar-refractivity contribution >= 4 is 100 Å². The highest BCUT2D eigenvalue weighted by atomic mass is 16.3. The molecule has 0 radical (unpaired) electrons. The first-order valence-corrected chi connectivity index (χ1v) is 44.0. The van der Waals surface area contributed by atoms with Crippen LogP contribution in [0.4, 0.5) is 5.69 Å². The average molecular weight is 1790 g/mol. The van der Waals surface area contributed by atoms with Crippen LogP contribution >= 0.6 is 0 Å². The van der Waals surface area contributed by atoms with Crippen molar-refractivity contribution in [1.82, 2.24) is 78.6 Å². The summed E-state index contributed by atoms with van der Waals surface area (Å²) < 4.78 is 2.47. The van der Waals surface area contributed by atoms with Gasteiger partial charge >= 0.3 is 0 Å². The summed E-state index contributed by atoms with van der Waals surface area (Å²) in [5, 5.41) is 91.3. The Morgan fingerprint density at radius 2 is 1.00 bits per heavy atom. The van der Waals surface area contributed by atoms with Crippen molar-refractivity contribution in [2.75, 3.05) is 91.6 Å². The van der Waals surface area contributed by atoms with Crippen molar-refractivity contribution in [1.29, 1.82) is 16.2 Å². The number of aliphatic hydroxyl groups is 2. The number of carbonyl (C=O) groups excluding carboxylic acids is 12. The second-order valence-corrected chi connectivity index (χ2v) is 33.2.